The molecule has 1 aliphatic rings. The number of hydrogen-bond acceptors (Lipinski definition) is 6. The summed E-state index contributed by atoms with van der Waals surface area (Å²) in [5, 5.41) is 23.4. The van der Waals surface area contributed by atoms with Crippen molar-refractivity contribution >= 4 is 104 Å². The van der Waals surface area contributed by atoms with E-state index in [1.165, 1.54) is 53.9 Å². The van der Waals surface area contributed by atoms with Crippen LogP contribution in [0.2, 0.25) is 0 Å². The molecule has 6 nitrogen and oxygen atoms in total. The molecule has 1 aromatic heterocycles. The molecule has 268 valence electrons. The molecule has 0 atom stereocenters. The maximum Gasteiger partial charge on any atom is 0.232 e. The number of ketones is 1. The molecule has 0 saturated carbocycles. The van der Waals surface area contributed by atoms with Crippen LogP contribution in [0.1, 0.15) is 15.9 Å². The van der Waals surface area contributed by atoms with Crippen molar-refractivity contribution in [2.24, 2.45) is 0 Å². The van der Waals surface area contributed by atoms with E-state index in [-0.39, 0.29) is 5.78 Å². The highest BCUT2D eigenvalue weighted by molar-refractivity contribution is 6.28. The van der Waals surface area contributed by atoms with Crippen LogP contribution in [0, 0.1) is 0 Å². The summed E-state index contributed by atoms with van der Waals surface area (Å²) in [6, 6.07) is 56.9. The third kappa shape index (κ3) is 4.42. The summed E-state index contributed by atoms with van der Waals surface area (Å²) >= 11 is 0. The Hall–Kier alpha value is -7.96. The van der Waals surface area contributed by atoms with Crippen LogP contribution in [0.5, 0.6) is 0 Å². The minimum atomic E-state index is 0.0484. The molecule has 11 aromatic carbocycles. The van der Waals surface area contributed by atoms with Gasteiger partial charge < -0.3 is 10.6 Å². The molecular formula is C52H29N5O. The van der Waals surface area contributed by atoms with E-state index >= 15 is 0 Å². The summed E-state index contributed by atoms with van der Waals surface area (Å²) in [5.74, 6) is 1.43. The molecule has 0 radical (unpaired) electrons. The van der Waals surface area contributed by atoms with Crippen molar-refractivity contribution in [2.45, 2.75) is 0 Å². The van der Waals surface area contributed by atoms with Crippen LogP contribution in [0.4, 0.5) is 23.3 Å². The van der Waals surface area contributed by atoms with Gasteiger partial charge in [-0.3, -0.25) is 4.79 Å². The standard InChI is InChI=1S/C52H29N5O/c58-49-38-12-2-1-11-36(38)42-27-35(26-34-10-5-13-41(49)46(34)42)53-51-55-50(39-23-19-32-16-14-28-6-3-8-30-18-22-37(39)47(32)44(28)30)56-52(57-51)54-43-25-21-33-17-15-29-7-4-9-31-20-24-40(43)48(33)45(29)31/h1-27H,(H2,53,54,55,56,57). The molecule has 6 heteroatoms. The average molecular weight is 740 g/mol. The Balaban J connectivity index is 1.01. The molecule has 13 rings (SSSR count). The van der Waals surface area contributed by atoms with Crippen molar-refractivity contribution in [3.63, 3.8) is 0 Å². The molecule has 0 unspecified atom stereocenters. The van der Waals surface area contributed by atoms with Gasteiger partial charge in [0.05, 0.1) is 0 Å². The lowest BCUT2D eigenvalue weighted by molar-refractivity contribution is 0.104. The van der Waals surface area contributed by atoms with E-state index in [0.717, 1.165) is 49.6 Å². The van der Waals surface area contributed by atoms with Crippen molar-refractivity contribution < 1.29 is 4.79 Å². The summed E-state index contributed by atoms with van der Waals surface area (Å²) in [5.41, 5.74) is 5.98. The van der Waals surface area contributed by atoms with Crippen LogP contribution < -0.4 is 10.6 Å². The van der Waals surface area contributed by atoms with Gasteiger partial charge in [0.25, 0.3) is 0 Å². The number of nitrogens with one attached hydrogen (secondary N) is 2. The highest BCUT2D eigenvalue weighted by atomic mass is 16.1. The van der Waals surface area contributed by atoms with Crippen LogP contribution in [0.25, 0.3) is 97.9 Å². The Labute approximate surface area is 331 Å². The van der Waals surface area contributed by atoms with Gasteiger partial charge in [-0.1, -0.05) is 140 Å². The van der Waals surface area contributed by atoms with Crippen molar-refractivity contribution in [2.75, 3.05) is 10.6 Å². The molecule has 0 spiro atoms. The smallest absolute Gasteiger partial charge is 0.232 e. The third-order valence-corrected chi connectivity index (χ3v) is 12.1. The normalized spacial score (nSPS) is 12.5. The Morgan fingerprint density at radius 1 is 0.345 bits per heavy atom. The maximum atomic E-state index is 13.6. The topological polar surface area (TPSA) is 79.8 Å². The zero-order valence-corrected chi connectivity index (χ0v) is 30.8. The van der Waals surface area contributed by atoms with Gasteiger partial charge in [-0.05, 0) is 100 Å². The molecule has 0 bridgehead atoms. The largest absolute Gasteiger partial charge is 0.324 e. The lowest BCUT2D eigenvalue weighted by Gasteiger charge is -2.21. The van der Waals surface area contributed by atoms with E-state index in [0.29, 0.717) is 28.8 Å². The van der Waals surface area contributed by atoms with Gasteiger partial charge in [0.1, 0.15) is 0 Å². The minimum absolute atomic E-state index is 0.0484. The van der Waals surface area contributed by atoms with E-state index < -0.39 is 0 Å². The first-order valence-corrected chi connectivity index (χ1v) is 19.5. The second-order valence-electron chi connectivity index (χ2n) is 15.3. The number of benzene rings is 11. The maximum absolute atomic E-state index is 13.6. The van der Waals surface area contributed by atoms with Crippen molar-refractivity contribution in [1.82, 2.24) is 15.0 Å². The van der Waals surface area contributed by atoms with Crippen LogP contribution in [0.15, 0.2) is 164 Å². The molecule has 1 heterocycles. The lowest BCUT2D eigenvalue weighted by Crippen LogP contribution is -2.10. The van der Waals surface area contributed by atoms with E-state index in [2.05, 4.69) is 138 Å². The van der Waals surface area contributed by atoms with E-state index in [4.69, 9.17) is 15.0 Å². The van der Waals surface area contributed by atoms with Gasteiger partial charge in [-0.2, -0.15) is 15.0 Å². The highest BCUT2D eigenvalue weighted by Gasteiger charge is 2.26. The Bertz CT molecular complexity index is 3690. The van der Waals surface area contributed by atoms with Crippen LogP contribution in [-0.4, -0.2) is 20.7 Å². The molecule has 1 aliphatic carbocycles. The molecule has 2 N–H and O–H groups in total. The number of carbonyl (C=O) groups is 1. The van der Waals surface area contributed by atoms with Gasteiger partial charge in [0.2, 0.25) is 11.9 Å². The molecule has 12 aromatic rings. The number of nitrogens with zero attached hydrogens (tertiary/aromatic N) is 3. The molecule has 58 heavy (non-hydrogen) atoms. The van der Waals surface area contributed by atoms with Gasteiger partial charge in [0, 0.05) is 38.8 Å². The first-order chi connectivity index (χ1) is 28.6. The van der Waals surface area contributed by atoms with E-state index in [1.54, 1.807) is 0 Å². The third-order valence-electron chi connectivity index (χ3n) is 12.1. The highest BCUT2D eigenvalue weighted by Crippen LogP contribution is 2.43. The predicted octanol–water partition coefficient (Wildman–Crippen LogP) is 13.2. The number of aromatic nitrogens is 3. The summed E-state index contributed by atoms with van der Waals surface area (Å²) in [6.07, 6.45) is 0. The Kier molecular flexibility index (Phi) is 6.22. The second-order valence-corrected chi connectivity index (χ2v) is 15.3. The first-order valence-electron chi connectivity index (χ1n) is 19.5. The molecule has 0 saturated heterocycles. The fourth-order valence-electron chi connectivity index (χ4n) is 9.60. The van der Waals surface area contributed by atoms with Gasteiger partial charge >= 0.3 is 0 Å². The van der Waals surface area contributed by atoms with Crippen molar-refractivity contribution in [3.8, 4) is 22.5 Å². The average Bonchev–Trinajstić information content (AvgIpc) is 3.27. The van der Waals surface area contributed by atoms with Crippen molar-refractivity contribution in [1.29, 1.82) is 0 Å². The van der Waals surface area contributed by atoms with Crippen LogP contribution in [0.3, 0.4) is 0 Å². The number of carbonyl (C=O) groups excluding carboxylic acids is 1. The van der Waals surface area contributed by atoms with Crippen molar-refractivity contribution in [3.05, 3.63) is 175 Å². The molecule has 0 fully saturated rings. The quantitative estimate of drug-likeness (QED) is 0.171. The number of rotatable bonds is 5. The summed E-state index contributed by atoms with van der Waals surface area (Å²) in [4.78, 5) is 28.9. The summed E-state index contributed by atoms with van der Waals surface area (Å²) in [7, 11) is 0. The zero-order chi connectivity index (χ0) is 38.1. The first kappa shape index (κ1) is 31.3. The minimum Gasteiger partial charge on any atom is -0.324 e. The fourth-order valence-corrected chi connectivity index (χ4v) is 9.60. The van der Waals surface area contributed by atoms with Gasteiger partial charge in [0.15, 0.2) is 11.6 Å². The molecule has 0 aliphatic heterocycles. The van der Waals surface area contributed by atoms with E-state index in [9.17, 15) is 4.79 Å². The van der Waals surface area contributed by atoms with Gasteiger partial charge in [-0.25, -0.2) is 0 Å². The summed E-state index contributed by atoms with van der Waals surface area (Å²) in [6.45, 7) is 0. The zero-order valence-electron chi connectivity index (χ0n) is 30.8. The Morgan fingerprint density at radius 2 is 0.879 bits per heavy atom. The van der Waals surface area contributed by atoms with Crippen LogP contribution in [-0.2, 0) is 0 Å². The molecule has 0 amide bonds. The Morgan fingerprint density at radius 3 is 1.60 bits per heavy atom. The lowest BCUT2D eigenvalue weighted by atomic mass is 9.82. The predicted molar refractivity (Wildman–Crippen MR) is 238 cm³/mol. The fraction of sp³-hybridized carbons (Fsp3) is 0. The second kappa shape index (κ2) is 11.5. The van der Waals surface area contributed by atoms with E-state index in [1.807, 2.05) is 36.4 Å². The number of anilines is 4. The summed E-state index contributed by atoms with van der Waals surface area (Å²) < 4.78 is 0. The van der Waals surface area contributed by atoms with Gasteiger partial charge in [-0.15, -0.1) is 0 Å². The molecular weight excluding hydrogens is 711 g/mol. The SMILES string of the molecule is O=C1c2ccccc2-c2cc(Nc3nc(Nc4ccc5ccc6cccc7ccc4c5c67)nc(-c4ccc5ccc6cccc7ccc4c5c67)n3)cc3cccc1c23. The van der Waals surface area contributed by atoms with Crippen LogP contribution >= 0.6 is 0 Å². The number of fused-ring (bicyclic) bond motifs is 2. The number of hydrogen-bond donors (Lipinski definition) is 2. The monoisotopic (exact) mass is 739 g/mol.